The summed E-state index contributed by atoms with van der Waals surface area (Å²) in [6.07, 6.45) is 0. The molecule has 1 aromatic rings. The summed E-state index contributed by atoms with van der Waals surface area (Å²) >= 11 is 5.70. The van der Waals surface area contributed by atoms with E-state index in [2.05, 4.69) is 4.72 Å². The van der Waals surface area contributed by atoms with E-state index in [4.69, 9.17) is 17.3 Å². The highest BCUT2D eigenvalue weighted by atomic mass is 35.5. The molecular formula is C9H14Cl2N2O2S. The van der Waals surface area contributed by atoms with Gasteiger partial charge in [0.15, 0.2) is 0 Å². The van der Waals surface area contributed by atoms with Gasteiger partial charge in [-0.05, 0) is 25.1 Å². The lowest BCUT2D eigenvalue weighted by Crippen LogP contribution is -2.37. The highest BCUT2D eigenvalue weighted by Crippen LogP contribution is 2.15. The molecule has 0 heterocycles. The second-order valence-electron chi connectivity index (χ2n) is 3.22. The van der Waals surface area contributed by atoms with Crippen molar-refractivity contribution in [3.8, 4) is 0 Å². The van der Waals surface area contributed by atoms with Crippen molar-refractivity contribution in [2.45, 2.75) is 17.9 Å². The fourth-order valence-electron chi connectivity index (χ4n) is 1.02. The Morgan fingerprint density at radius 2 is 2.12 bits per heavy atom. The summed E-state index contributed by atoms with van der Waals surface area (Å²) in [5, 5.41) is 0.387. The molecule has 7 heteroatoms. The van der Waals surface area contributed by atoms with Crippen molar-refractivity contribution in [3.63, 3.8) is 0 Å². The average molecular weight is 285 g/mol. The smallest absolute Gasteiger partial charge is 0.240 e. The Hall–Kier alpha value is -0.330. The first-order valence-electron chi connectivity index (χ1n) is 4.43. The maximum absolute atomic E-state index is 11.7. The number of nitrogens with one attached hydrogen (secondary N) is 1. The Morgan fingerprint density at radius 1 is 1.50 bits per heavy atom. The van der Waals surface area contributed by atoms with E-state index in [1.54, 1.807) is 19.1 Å². The van der Waals surface area contributed by atoms with Crippen LogP contribution in [0.15, 0.2) is 29.2 Å². The quantitative estimate of drug-likeness (QED) is 0.878. The van der Waals surface area contributed by atoms with E-state index in [0.717, 1.165) is 0 Å². The van der Waals surface area contributed by atoms with Gasteiger partial charge >= 0.3 is 0 Å². The maximum Gasteiger partial charge on any atom is 0.240 e. The molecule has 92 valence electrons. The molecule has 0 spiro atoms. The molecule has 0 aromatic heterocycles. The predicted octanol–water partition coefficient (Wildman–Crippen LogP) is 1.39. The van der Waals surface area contributed by atoms with Crippen molar-refractivity contribution in [1.82, 2.24) is 4.72 Å². The lowest BCUT2D eigenvalue weighted by atomic mass is 10.4. The van der Waals surface area contributed by atoms with Gasteiger partial charge in [-0.1, -0.05) is 17.7 Å². The molecule has 1 aromatic carbocycles. The standard InChI is InChI=1S/C9H13ClN2O2S.ClH/c1-7(6-11)12-15(13,14)9-4-2-3-8(10)5-9;/h2-5,7,12H,6,11H2,1H3;1H/t7-;/m0./s1. The summed E-state index contributed by atoms with van der Waals surface area (Å²) in [7, 11) is -3.51. The Kier molecular flexibility index (Phi) is 6.28. The molecule has 16 heavy (non-hydrogen) atoms. The molecule has 4 nitrogen and oxygen atoms in total. The third-order valence-electron chi connectivity index (χ3n) is 1.82. The number of halogens is 2. The summed E-state index contributed by atoms with van der Waals surface area (Å²) in [5.41, 5.74) is 5.33. The predicted molar refractivity (Wildman–Crippen MR) is 67.5 cm³/mol. The van der Waals surface area contributed by atoms with E-state index in [-0.39, 0.29) is 29.9 Å². The van der Waals surface area contributed by atoms with Crippen LogP contribution < -0.4 is 10.5 Å². The van der Waals surface area contributed by atoms with Crippen LogP contribution in [0.1, 0.15) is 6.92 Å². The molecule has 0 aliphatic rings. The molecule has 0 fully saturated rings. The third kappa shape index (κ3) is 4.27. The van der Waals surface area contributed by atoms with Crippen molar-refractivity contribution in [2.75, 3.05) is 6.54 Å². The SMILES string of the molecule is C[C@@H](CN)NS(=O)(=O)c1cccc(Cl)c1.Cl. The van der Waals surface area contributed by atoms with E-state index in [0.29, 0.717) is 5.02 Å². The molecule has 0 unspecified atom stereocenters. The normalized spacial score (nSPS) is 12.9. The molecule has 0 aliphatic carbocycles. The van der Waals surface area contributed by atoms with Gasteiger partial charge in [-0.25, -0.2) is 13.1 Å². The molecule has 0 amide bonds. The van der Waals surface area contributed by atoms with Crippen LogP contribution in [-0.4, -0.2) is 21.0 Å². The molecule has 3 N–H and O–H groups in total. The largest absolute Gasteiger partial charge is 0.329 e. The lowest BCUT2D eigenvalue weighted by molar-refractivity contribution is 0.562. The summed E-state index contributed by atoms with van der Waals surface area (Å²) in [6, 6.07) is 5.79. The van der Waals surface area contributed by atoms with Crippen molar-refractivity contribution in [2.24, 2.45) is 5.73 Å². The summed E-state index contributed by atoms with van der Waals surface area (Å²) in [4.78, 5) is 0.148. The third-order valence-corrected chi connectivity index (χ3v) is 3.64. The van der Waals surface area contributed by atoms with Crippen LogP contribution in [0.25, 0.3) is 0 Å². The fourth-order valence-corrected chi connectivity index (χ4v) is 2.57. The Labute approximate surface area is 107 Å². The first-order chi connectivity index (χ1) is 6.95. The highest BCUT2D eigenvalue weighted by molar-refractivity contribution is 7.89. The molecular weight excluding hydrogens is 271 g/mol. The van der Waals surface area contributed by atoms with Crippen molar-refractivity contribution < 1.29 is 8.42 Å². The zero-order valence-corrected chi connectivity index (χ0v) is 11.1. The van der Waals surface area contributed by atoms with Crippen LogP contribution in [0.5, 0.6) is 0 Å². The number of benzene rings is 1. The molecule has 0 bridgehead atoms. The van der Waals surface area contributed by atoms with E-state index in [1.807, 2.05) is 0 Å². The second kappa shape index (κ2) is 6.42. The van der Waals surface area contributed by atoms with Gasteiger partial charge in [-0.2, -0.15) is 0 Å². The van der Waals surface area contributed by atoms with Crippen molar-refractivity contribution in [3.05, 3.63) is 29.3 Å². The highest BCUT2D eigenvalue weighted by Gasteiger charge is 2.16. The van der Waals surface area contributed by atoms with Crippen LogP contribution in [0, 0.1) is 0 Å². The monoisotopic (exact) mass is 284 g/mol. The second-order valence-corrected chi connectivity index (χ2v) is 5.37. The van der Waals surface area contributed by atoms with E-state index in [9.17, 15) is 8.42 Å². The van der Waals surface area contributed by atoms with Gasteiger partial charge < -0.3 is 5.73 Å². The van der Waals surface area contributed by atoms with Gasteiger partial charge in [0.25, 0.3) is 0 Å². The van der Waals surface area contributed by atoms with Crippen LogP contribution in [0.3, 0.4) is 0 Å². The lowest BCUT2D eigenvalue weighted by Gasteiger charge is -2.11. The van der Waals surface area contributed by atoms with E-state index < -0.39 is 10.0 Å². The number of sulfonamides is 1. The van der Waals surface area contributed by atoms with Crippen LogP contribution in [0.2, 0.25) is 5.02 Å². The number of nitrogens with two attached hydrogens (primary N) is 1. The van der Waals surface area contributed by atoms with E-state index in [1.165, 1.54) is 12.1 Å². The van der Waals surface area contributed by atoms with Gasteiger partial charge in [0.05, 0.1) is 4.90 Å². The molecule has 0 aliphatic heterocycles. The van der Waals surface area contributed by atoms with Gasteiger partial charge in [-0.3, -0.25) is 0 Å². The van der Waals surface area contributed by atoms with Crippen LogP contribution >= 0.6 is 24.0 Å². The minimum absolute atomic E-state index is 0. The van der Waals surface area contributed by atoms with Crippen LogP contribution in [-0.2, 0) is 10.0 Å². The topological polar surface area (TPSA) is 72.2 Å². The molecule has 0 saturated heterocycles. The Morgan fingerprint density at radius 3 is 2.62 bits per heavy atom. The Bertz CT molecular complexity index is 437. The molecule has 0 saturated carbocycles. The first-order valence-corrected chi connectivity index (χ1v) is 6.30. The average Bonchev–Trinajstić information content (AvgIpc) is 2.17. The van der Waals surface area contributed by atoms with Gasteiger partial charge in [0.1, 0.15) is 0 Å². The van der Waals surface area contributed by atoms with Crippen molar-refractivity contribution >= 4 is 34.0 Å². The zero-order valence-electron chi connectivity index (χ0n) is 8.68. The maximum atomic E-state index is 11.7. The van der Waals surface area contributed by atoms with E-state index >= 15 is 0 Å². The van der Waals surface area contributed by atoms with Crippen molar-refractivity contribution in [1.29, 1.82) is 0 Å². The summed E-state index contributed by atoms with van der Waals surface area (Å²) in [6.45, 7) is 1.95. The fraction of sp³-hybridized carbons (Fsp3) is 0.333. The number of hydrogen-bond donors (Lipinski definition) is 2. The van der Waals surface area contributed by atoms with Gasteiger partial charge in [-0.15, -0.1) is 12.4 Å². The number of hydrogen-bond acceptors (Lipinski definition) is 3. The summed E-state index contributed by atoms with van der Waals surface area (Å²) in [5.74, 6) is 0. The number of rotatable bonds is 4. The minimum atomic E-state index is -3.51. The van der Waals surface area contributed by atoms with Crippen LogP contribution in [0.4, 0.5) is 0 Å². The molecule has 1 atom stereocenters. The Balaban J connectivity index is 0.00000225. The van der Waals surface area contributed by atoms with Gasteiger partial charge in [0.2, 0.25) is 10.0 Å². The summed E-state index contributed by atoms with van der Waals surface area (Å²) < 4.78 is 25.9. The molecule has 0 radical (unpaired) electrons. The molecule has 1 rings (SSSR count). The first kappa shape index (κ1) is 15.7. The minimum Gasteiger partial charge on any atom is -0.329 e. The zero-order chi connectivity index (χ0) is 11.5. The van der Waals surface area contributed by atoms with Gasteiger partial charge in [0, 0.05) is 17.6 Å².